The van der Waals surface area contributed by atoms with Gasteiger partial charge in [0.25, 0.3) is 0 Å². The minimum absolute atomic E-state index is 0.671. The Kier molecular flexibility index (Phi) is 0.647. The Hall–Kier alpha value is -0.520. The molecule has 0 N–H and O–H groups in total. The molecule has 52 valence electrons. The quantitative estimate of drug-likeness (QED) is 0.475. The van der Waals surface area contributed by atoms with Crippen molar-refractivity contribution in [2.45, 2.75) is 19.8 Å². The highest BCUT2D eigenvalue weighted by Crippen LogP contribution is 2.66. The third-order valence-electron chi connectivity index (χ3n) is 3.56. The van der Waals surface area contributed by atoms with Crippen LogP contribution in [0.3, 0.4) is 0 Å². The van der Waals surface area contributed by atoms with E-state index in [2.05, 4.69) is 25.2 Å². The molecule has 3 aliphatic rings. The van der Waals surface area contributed by atoms with E-state index in [0.29, 0.717) is 5.41 Å². The Labute approximate surface area is 61.6 Å². The van der Waals surface area contributed by atoms with Gasteiger partial charge < -0.3 is 0 Å². The van der Waals surface area contributed by atoms with Crippen LogP contribution >= 0.6 is 0 Å². The lowest BCUT2D eigenvalue weighted by Gasteiger charge is -2.13. The number of hydrogen-bond donors (Lipinski definition) is 0. The van der Waals surface area contributed by atoms with E-state index in [1.54, 1.807) is 5.57 Å². The molecule has 10 heavy (non-hydrogen) atoms. The van der Waals surface area contributed by atoms with Gasteiger partial charge in [0, 0.05) is 0 Å². The standard InChI is InChI=1S/C10H12/c1-7-5-10(7)6-8-2-3-9(10)4-8/h2-3,6-7,9H,4-5H2,1H3. The second kappa shape index (κ2) is 1.25. The first kappa shape index (κ1) is 5.17. The molecule has 3 atom stereocenters. The van der Waals surface area contributed by atoms with Crippen molar-refractivity contribution in [3.8, 4) is 0 Å². The molecule has 0 heteroatoms. The van der Waals surface area contributed by atoms with Gasteiger partial charge in [0.2, 0.25) is 0 Å². The van der Waals surface area contributed by atoms with Crippen LogP contribution in [0.2, 0.25) is 0 Å². The van der Waals surface area contributed by atoms with Gasteiger partial charge in [-0.3, -0.25) is 0 Å². The predicted molar refractivity (Wildman–Crippen MR) is 41.5 cm³/mol. The fourth-order valence-corrected chi connectivity index (χ4v) is 2.75. The predicted octanol–water partition coefficient (Wildman–Crippen LogP) is 2.53. The van der Waals surface area contributed by atoms with Crippen molar-refractivity contribution in [3.63, 3.8) is 0 Å². The van der Waals surface area contributed by atoms with Gasteiger partial charge in [-0.25, -0.2) is 0 Å². The van der Waals surface area contributed by atoms with Gasteiger partial charge in [-0.1, -0.05) is 30.7 Å². The van der Waals surface area contributed by atoms with Crippen molar-refractivity contribution in [2.24, 2.45) is 17.3 Å². The van der Waals surface area contributed by atoms with Crippen LogP contribution in [0.25, 0.3) is 0 Å². The molecule has 0 radical (unpaired) electrons. The Morgan fingerprint density at radius 2 is 2.40 bits per heavy atom. The summed E-state index contributed by atoms with van der Waals surface area (Å²) in [5, 5.41) is 0. The summed E-state index contributed by atoms with van der Waals surface area (Å²) >= 11 is 0. The van der Waals surface area contributed by atoms with Crippen LogP contribution in [-0.2, 0) is 0 Å². The normalized spacial score (nSPS) is 54.3. The zero-order chi connectivity index (χ0) is 6.77. The maximum atomic E-state index is 2.53. The molecule has 0 amide bonds. The lowest BCUT2D eigenvalue weighted by atomic mass is 9.91. The zero-order valence-corrected chi connectivity index (χ0v) is 6.30. The van der Waals surface area contributed by atoms with E-state index in [9.17, 15) is 0 Å². The minimum Gasteiger partial charge on any atom is -0.0799 e. The van der Waals surface area contributed by atoms with Crippen molar-refractivity contribution in [1.29, 1.82) is 0 Å². The SMILES string of the molecule is CC1CC12C=C1C=CC2C1. The van der Waals surface area contributed by atoms with Gasteiger partial charge in [-0.15, -0.1) is 0 Å². The third kappa shape index (κ3) is 0.387. The average molecular weight is 132 g/mol. The average Bonchev–Trinajstić information content (AvgIpc) is 2.31. The molecular formula is C10H12. The number of allylic oxidation sites excluding steroid dienone is 4. The van der Waals surface area contributed by atoms with E-state index in [1.165, 1.54) is 12.8 Å². The Morgan fingerprint density at radius 1 is 1.60 bits per heavy atom. The molecule has 3 aliphatic carbocycles. The van der Waals surface area contributed by atoms with Crippen molar-refractivity contribution in [2.75, 3.05) is 0 Å². The van der Waals surface area contributed by atoms with E-state index in [4.69, 9.17) is 0 Å². The molecule has 0 aromatic carbocycles. The van der Waals surface area contributed by atoms with E-state index in [-0.39, 0.29) is 0 Å². The molecule has 0 aromatic rings. The molecular weight excluding hydrogens is 120 g/mol. The van der Waals surface area contributed by atoms with Crippen LogP contribution in [0.1, 0.15) is 19.8 Å². The maximum Gasteiger partial charge on any atom is -0.00176 e. The monoisotopic (exact) mass is 132 g/mol. The molecule has 3 rings (SSSR count). The highest BCUT2D eigenvalue weighted by molar-refractivity contribution is 5.42. The van der Waals surface area contributed by atoms with E-state index < -0.39 is 0 Å². The fourth-order valence-electron chi connectivity index (χ4n) is 2.75. The van der Waals surface area contributed by atoms with E-state index in [1.807, 2.05) is 0 Å². The molecule has 0 aliphatic heterocycles. The largest absolute Gasteiger partial charge is 0.0799 e. The Bertz CT molecular complexity index is 247. The van der Waals surface area contributed by atoms with Gasteiger partial charge in [0.05, 0.1) is 0 Å². The molecule has 2 bridgehead atoms. The molecule has 0 nitrogen and oxygen atoms in total. The van der Waals surface area contributed by atoms with Gasteiger partial charge >= 0.3 is 0 Å². The van der Waals surface area contributed by atoms with Crippen LogP contribution in [0.5, 0.6) is 0 Å². The van der Waals surface area contributed by atoms with E-state index >= 15 is 0 Å². The van der Waals surface area contributed by atoms with Crippen molar-refractivity contribution >= 4 is 0 Å². The van der Waals surface area contributed by atoms with Crippen LogP contribution in [0, 0.1) is 17.3 Å². The second-order valence-electron chi connectivity index (χ2n) is 4.11. The number of fused-ring (bicyclic) bond motifs is 3. The molecule has 0 saturated heterocycles. The summed E-state index contributed by atoms with van der Waals surface area (Å²) < 4.78 is 0. The summed E-state index contributed by atoms with van der Waals surface area (Å²) in [4.78, 5) is 0. The van der Waals surface area contributed by atoms with Gasteiger partial charge in [-0.2, -0.15) is 0 Å². The fraction of sp³-hybridized carbons (Fsp3) is 0.600. The summed E-state index contributed by atoms with van der Waals surface area (Å²) in [5.74, 6) is 1.87. The summed E-state index contributed by atoms with van der Waals surface area (Å²) in [6.45, 7) is 2.38. The third-order valence-corrected chi connectivity index (χ3v) is 3.56. The first-order valence-electron chi connectivity index (χ1n) is 4.21. The van der Waals surface area contributed by atoms with Crippen LogP contribution in [-0.4, -0.2) is 0 Å². The molecule has 3 unspecified atom stereocenters. The van der Waals surface area contributed by atoms with Gasteiger partial charge in [0.1, 0.15) is 0 Å². The summed E-state index contributed by atoms with van der Waals surface area (Å²) in [5.41, 5.74) is 2.28. The highest BCUT2D eigenvalue weighted by Gasteiger charge is 2.57. The topological polar surface area (TPSA) is 0 Å². The molecule has 1 spiro atoms. The summed E-state index contributed by atoms with van der Waals surface area (Å²) in [7, 11) is 0. The molecule has 0 aromatic heterocycles. The van der Waals surface area contributed by atoms with E-state index in [0.717, 1.165) is 11.8 Å². The Morgan fingerprint density at radius 3 is 2.70 bits per heavy atom. The molecule has 1 fully saturated rings. The second-order valence-corrected chi connectivity index (χ2v) is 4.11. The van der Waals surface area contributed by atoms with Crippen LogP contribution in [0.15, 0.2) is 23.8 Å². The summed E-state index contributed by atoms with van der Waals surface area (Å²) in [6, 6.07) is 0. The van der Waals surface area contributed by atoms with Crippen molar-refractivity contribution < 1.29 is 0 Å². The van der Waals surface area contributed by atoms with Crippen LogP contribution in [0.4, 0.5) is 0 Å². The smallest absolute Gasteiger partial charge is 0.00176 e. The highest BCUT2D eigenvalue weighted by atomic mass is 14.6. The lowest BCUT2D eigenvalue weighted by Crippen LogP contribution is -2.06. The maximum absolute atomic E-state index is 2.53. The van der Waals surface area contributed by atoms with Gasteiger partial charge in [0.15, 0.2) is 0 Å². The van der Waals surface area contributed by atoms with Crippen molar-refractivity contribution in [3.05, 3.63) is 23.8 Å². The minimum atomic E-state index is 0.671. The zero-order valence-electron chi connectivity index (χ0n) is 6.30. The van der Waals surface area contributed by atoms with Crippen LogP contribution < -0.4 is 0 Å². The summed E-state index contributed by atoms with van der Waals surface area (Å²) in [6.07, 6.45) is 10.1. The Balaban J connectivity index is 2.08. The number of rotatable bonds is 0. The lowest BCUT2D eigenvalue weighted by molar-refractivity contribution is 0.463. The first-order chi connectivity index (χ1) is 4.81. The first-order valence-corrected chi connectivity index (χ1v) is 4.21. The number of hydrogen-bond acceptors (Lipinski definition) is 0. The van der Waals surface area contributed by atoms with Crippen molar-refractivity contribution in [1.82, 2.24) is 0 Å². The van der Waals surface area contributed by atoms with Gasteiger partial charge in [-0.05, 0) is 30.1 Å². The molecule has 0 heterocycles. The molecule has 1 saturated carbocycles.